The summed E-state index contributed by atoms with van der Waals surface area (Å²) in [5, 5.41) is 4.41. The molecule has 43 heavy (non-hydrogen) atoms. The third-order valence-corrected chi connectivity index (χ3v) is 8.87. The van der Waals surface area contributed by atoms with Crippen LogP contribution in [0.1, 0.15) is 20.7 Å². The Morgan fingerprint density at radius 1 is 0.558 bits per heavy atom. The van der Waals surface area contributed by atoms with E-state index in [9.17, 15) is 14.4 Å². The van der Waals surface area contributed by atoms with E-state index < -0.39 is 11.8 Å². The molecule has 0 fully saturated rings. The highest BCUT2D eigenvalue weighted by atomic mass is 32.1. The largest absolute Gasteiger partial charge is 0.268 e. The summed E-state index contributed by atoms with van der Waals surface area (Å²) in [6.45, 7) is 0. The van der Waals surface area contributed by atoms with Gasteiger partial charge in [0.2, 0.25) is 0 Å². The molecule has 0 aliphatic carbocycles. The lowest BCUT2D eigenvalue weighted by molar-refractivity contribution is 0.0894. The summed E-state index contributed by atoms with van der Waals surface area (Å²) in [6.07, 6.45) is 0. The van der Waals surface area contributed by atoms with Crippen LogP contribution in [0.2, 0.25) is 0 Å². The highest BCUT2D eigenvalue weighted by molar-refractivity contribution is 7.14. The fraction of sp³-hybridized carbons (Fsp3) is 0. The van der Waals surface area contributed by atoms with Gasteiger partial charge in [-0.15, -0.1) is 11.3 Å². The fourth-order valence-corrected chi connectivity index (χ4v) is 6.85. The van der Waals surface area contributed by atoms with Crippen LogP contribution in [0.5, 0.6) is 0 Å². The van der Waals surface area contributed by atoms with Crippen LogP contribution in [0.3, 0.4) is 0 Å². The molecular formula is C34H17N5O3S. The van der Waals surface area contributed by atoms with Gasteiger partial charge in [0.15, 0.2) is 16.9 Å². The molecular weight excluding hydrogens is 558 g/mol. The van der Waals surface area contributed by atoms with Crippen LogP contribution >= 0.6 is 11.3 Å². The van der Waals surface area contributed by atoms with E-state index in [1.165, 1.54) is 20.6 Å². The molecule has 0 unspecified atom stereocenters. The Bertz CT molecular complexity index is 2490. The van der Waals surface area contributed by atoms with Gasteiger partial charge in [0.05, 0.1) is 11.4 Å². The van der Waals surface area contributed by atoms with Crippen molar-refractivity contribution in [3.63, 3.8) is 0 Å². The average molecular weight is 576 g/mol. The normalized spacial score (nSPS) is 13.3. The molecule has 0 N–H and O–H groups in total. The van der Waals surface area contributed by atoms with Crippen LogP contribution in [-0.4, -0.2) is 31.2 Å². The Hall–Kier alpha value is -5.80. The summed E-state index contributed by atoms with van der Waals surface area (Å²) < 4.78 is 1.49. The van der Waals surface area contributed by atoms with Gasteiger partial charge in [0.1, 0.15) is 5.00 Å². The second kappa shape index (κ2) is 8.60. The molecule has 8 aromatic rings. The van der Waals surface area contributed by atoms with E-state index in [1.807, 2.05) is 66.0 Å². The number of benzene rings is 4. The van der Waals surface area contributed by atoms with Gasteiger partial charge in [-0.1, -0.05) is 60.7 Å². The average Bonchev–Trinajstić information content (AvgIpc) is 3.71. The van der Waals surface area contributed by atoms with Gasteiger partial charge in [0.25, 0.3) is 17.4 Å². The second-order valence-corrected chi connectivity index (χ2v) is 11.3. The SMILES string of the molecule is O=C1c2ccc3c(=O)n4c5nc(-c6ccccc6)c(-c6ccccc6)nc5nc4c4ccc(c2c34)C(=O)N1c1cccs1. The van der Waals surface area contributed by atoms with Crippen LogP contribution in [0.4, 0.5) is 5.00 Å². The van der Waals surface area contributed by atoms with Gasteiger partial charge in [-0.2, -0.15) is 0 Å². The number of fused-ring (bicyclic) bond motifs is 4. The molecule has 1 aliphatic rings. The Morgan fingerprint density at radius 2 is 1.19 bits per heavy atom. The highest BCUT2D eigenvalue weighted by Gasteiger charge is 2.36. The maximum absolute atomic E-state index is 14.2. The van der Waals surface area contributed by atoms with Crippen LogP contribution in [0.25, 0.3) is 61.0 Å². The molecule has 8 nitrogen and oxygen atoms in total. The molecule has 5 heterocycles. The van der Waals surface area contributed by atoms with Crippen LogP contribution in [-0.2, 0) is 0 Å². The van der Waals surface area contributed by atoms with Crippen LogP contribution in [0.15, 0.2) is 107 Å². The van der Waals surface area contributed by atoms with Gasteiger partial charge < -0.3 is 0 Å². The number of amides is 2. The molecule has 0 spiro atoms. The molecule has 4 aromatic carbocycles. The van der Waals surface area contributed by atoms with Crippen molar-refractivity contribution in [3.05, 3.63) is 124 Å². The van der Waals surface area contributed by atoms with Crippen molar-refractivity contribution in [1.82, 2.24) is 19.4 Å². The van der Waals surface area contributed by atoms with E-state index in [0.29, 0.717) is 66.0 Å². The number of hydrogen-bond donors (Lipinski definition) is 0. The van der Waals surface area contributed by atoms with E-state index in [-0.39, 0.29) is 5.56 Å². The minimum Gasteiger partial charge on any atom is -0.268 e. The number of carbonyl (C=O) groups excluding carboxylic acids is 2. The Labute approximate surface area is 246 Å². The highest BCUT2D eigenvalue weighted by Crippen LogP contribution is 2.39. The number of imidazole rings is 1. The monoisotopic (exact) mass is 575 g/mol. The first-order valence-corrected chi connectivity index (χ1v) is 14.5. The van der Waals surface area contributed by atoms with E-state index in [0.717, 1.165) is 11.1 Å². The number of thiophene rings is 1. The number of nitrogens with zero attached hydrogens (tertiary/aromatic N) is 5. The maximum Gasteiger partial charge on any atom is 0.266 e. The predicted octanol–water partition coefficient (Wildman–Crippen LogP) is 6.58. The van der Waals surface area contributed by atoms with Crippen molar-refractivity contribution in [1.29, 1.82) is 0 Å². The molecule has 0 saturated carbocycles. The molecule has 0 saturated heterocycles. The standard InChI is InChI=1S/C34H17N5O3S/c40-32-22-14-13-20-25-21(15-16-23(26(22)25)33(41)38(32)24-12-7-17-43-24)34(42)39-30(20)37-29-31(39)36-28(19-10-5-2-6-11-19)27(35-29)18-8-3-1-4-9-18/h1-17H. The van der Waals surface area contributed by atoms with Crippen LogP contribution < -0.4 is 10.5 Å². The van der Waals surface area contributed by atoms with Crippen molar-refractivity contribution in [2.45, 2.75) is 0 Å². The Balaban J connectivity index is 1.38. The number of anilines is 1. The first-order valence-electron chi connectivity index (χ1n) is 13.6. The quantitative estimate of drug-likeness (QED) is 0.221. The first kappa shape index (κ1) is 23.9. The van der Waals surface area contributed by atoms with Gasteiger partial charge >= 0.3 is 0 Å². The van der Waals surface area contributed by atoms with Crippen molar-refractivity contribution < 1.29 is 9.59 Å². The molecule has 2 amide bonds. The van der Waals surface area contributed by atoms with Crippen molar-refractivity contribution in [2.75, 3.05) is 4.90 Å². The summed E-state index contributed by atoms with van der Waals surface area (Å²) >= 11 is 1.32. The molecule has 0 atom stereocenters. The lowest BCUT2D eigenvalue weighted by Crippen LogP contribution is -2.40. The zero-order chi connectivity index (χ0) is 28.8. The van der Waals surface area contributed by atoms with E-state index in [2.05, 4.69) is 0 Å². The number of imide groups is 1. The molecule has 0 bridgehead atoms. The molecule has 9 heteroatoms. The summed E-state index contributed by atoms with van der Waals surface area (Å²) in [7, 11) is 0. The minimum atomic E-state index is -0.418. The molecule has 0 radical (unpaired) electrons. The molecule has 202 valence electrons. The predicted molar refractivity (Wildman–Crippen MR) is 167 cm³/mol. The lowest BCUT2D eigenvalue weighted by Gasteiger charge is -2.26. The number of pyridine rings is 1. The molecule has 9 rings (SSSR count). The number of rotatable bonds is 3. The van der Waals surface area contributed by atoms with Crippen LogP contribution in [0, 0.1) is 0 Å². The van der Waals surface area contributed by atoms with Crippen molar-refractivity contribution in [3.8, 4) is 22.5 Å². The van der Waals surface area contributed by atoms with Gasteiger partial charge in [0, 0.05) is 43.8 Å². The Morgan fingerprint density at radius 3 is 1.81 bits per heavy atom. The topological polar surface area (TPSA) is 97.5 Å². The number of hydrogen-bond acceptors (Lipinski definition) is 7. The lowest BCUT2D eigenvalue weighted by atomic mass is 9.90. The van der Waals surface area contributed by atoms with E-state index in [4.69, 9.17) is 15.0 Å². The summed E-state index contributed by atoms with van der Waals surface area (Å²) in [5.41, 5.74) is 4.48. The fourth-order valence-electron chi connectivity index (χ4n) is 6.13. The maximum atomic E-state index is 14.2. The first-order chi connectivity index (χ1) is 21.1. The summed E-state index contributed by atoms with van der Waals surface area (Å²) in [4.78, 5) is 57.5. The third-order valence-electron chi connectivity index (χ3n) is 8.02. The second-order valence-electron chi connectivity index (χ2n) is 10.3. The number of aromatic nitrogens is 4. The van der Waals surface area contributed by atoms with Gasteiger partial charge in [-0.25, -0.2) is 24.3 Å². The van der Waals surface area contributed by atoms with Gasteiger partial charge in [-0.3, -0.25) is 14.4 Å². The van der Waals surface area contributed by atoms with E-state index >= 15 is 0 Å². The molecule has 4 aromatic heterocycles. The zero-order valence-electron chi connectivity index (χ0n) is 22.2. The minimum absolute atomic E-state index is 0.329. The van der Waals surface area contributed by atoms with Gasteiger partial charge in [-0.05, 0) is 41.8 Å². The summed E-state index contributed by atoms with van der Waals surface area (Å²) in [5.74, 6) is -0.836. The van der Waals surface area contributed by atoms with Crippen molar-refractivity contribution in [2.24, 2.45) is 0 Å². The number of carbonyl (C=O) groups is 2. The van der Waals surface area contributed by atoms with Crippen molar-refractivity contribution >= 4 is 66.6 Å². The van der Waals surface area contributed by atoms with E-state index in [1.54, 1.807) is 36.4 Å². The third kappa shape index (κ3) is 3.19. The molecule has 1 aliphatic heterocycles. The Kier molecular flexibility index (Phi) is 4.77. The zero-order valence-corrected chi connectivity index (χ0v) is 23.0. The summed E-state index contributed by atoms with van der Waals surface area (Å²) in [6, 6.07) is 29.8. The smallest absolute Gasteiger partial charge is 0.266 e.